The molecule has 0 radical (unpaired) electrons. The summed E-state index contributed by atoms with van der Waals surface area (Å²) in [6.45, 7) is 4.10. The predicted molar refractivity (Wildman–Crippen MR) is 103 cm³/mol. The maximum atomic E-state index is 11.5. The first-order chi connectivity index (χ1) is 10.1. The molecule has 0 spiro atoms. The first-order valence-corrected chi connectivity index (χ1v) is 13.6. The van der Waals surface area contributed by atoms with Crippen molar-refractivity contribution in [2.45, 2.75) is 69.5 Å². The molecule has 0 aliphatic heterocycles. The van der Waals surface area contributed by atoms with Gasteiger partial charge in [0, 0.05) is 0 Å². The first kappa shape index (κ1) is 22.8. The molecule has 0 rings (SSSR count). The molecule has 0 heterocycles. The van der Waals surface area contributed by atoms with E-state index in [9.17, 15) is 4.79 Å². The molecule has 0 aromatic heterocycles. The molecule has 2 nitrogen and oxygen atoms in total. The normalized spacial score (nSPS) is 12.8. The van der Waals surface area contributed by atoms with E-state index in [1.54, 1.807) is 19.5 Å². The number of unbranched alkanes of at least 4 members (excludes halogenated alkanes) is 7. The van der Waals surface area contributed by atoms with Gasteiger partial charge in [0.15, 0.2) is 0 Å². The Hall–Kier alpha value is 0.777. The van der Waals surface area contributed by atoms with E-state index in [1.165, 1.54) is 25.7 Å². The van der Waals surface area contributed by atoms with Crippen LogP contribution in [0.3, 0.4) is 0 Å². The molecule has 0 aromatic rings. The van der Waals surface area contributed by atoms with Gasteiger partial charge in [-0.25, -0.2) is 0 Å². The van der Waals surface area contributed by atoms with E-state index >= 15 is 0 Å². The minimum atomic E-state index is -2.57. The van der Waals surface area contributed by atoms with Crippen LogP contribution in [0.1, 0.15) is 65.2 Å². The Bertz CT molecular complexity index is 339. The van der Waals surface area contributed by atoms with Crippen molar-refractivity contribution < 1.29 is 9.53 Å². The highest BCUT2D eigenvalue weighted by molar-refractivity contribution is 9.10. The van der Waals surface area contributed by atoms with Gasteiger partial charge in [-0.3, -0.25) is 4.79 Å². The standard InChI is InChI=1S/C15H26BrCl3O2Si/c1-15(2,16)14(20)21-12-10-8-6-4-3-5-7-9-11-13-22(17,18)19/h11,13H,3-10,12H2,1-2H3. The monoisotopic (exact) mass is 450 g/mol. The molecule has 130 valence electrons. The number of ether oxygens (including phenoxy) is 1. The van der Waals surface area contributed by atoms with Gasteiger partial charge < -0.3 is 4.74 Å². The van der Waals surface area contributed by atoms with Gasteiger partial charge in [-0.15, -0.1) is 33.2 Å². The largest absolute Gasteiger partial charge is 0.465 e. The Morgan fingerprint density at radius 2 is 1.55 bits per heavy atom. The quantitative estimate of drug-likeness (QED) is 0.110. The number of carbonyl (C=O) groups excluding carboxylic acids is 1. The van der Waals surface area contributed by atoms with Gasteiger partial charge in [-0.1, -0.05) is 59.8 Å². The summed E-state index contributed by atoms with van der Waals surface area (Å²) in [4.78, 5) is 11.5. The van der Waals surface area contributed by atoms with Crippen LogP contribution >= 0.6 is 49.2 Å². The summed E-state index contributed by atoms with van der Waals surface area (Å²) in [5.74, 6) is -0.196. The molecule has 22 heavy (non-hydrogen) atoms. The maximum absolute atomic E-state index is 11.5. The topological polar surface area (TPSA) is 26.3 Å². The number of alkyl halides is 1. The van der Waals surface area contributed by atoms with Gasteiger partial charge in [0.1, 0.15) is 4.32 Å². The molecule has 7 heteroatoms. The molecule has 0 bridgehead atoms. The highest BCUT2D eigenvalue weighted by Crippen LogP contribution is 2.21. The minimum Gasteiger partial charge on any atom is -0.465 e. The summed E-state index contributed by atoms with van der Waals surface area (Å²) in [6, 6.07) is -2.57. The summed E-state index contributed by atoms with van der Waals surface area (Å²) in [5.41, 5.74) is 1.74. The molecule has 0 N–H and O–H groups in total. The molecule has 0 amide bonds. The third-order valence-electron chi connectivity index (χ3n) is 3.04. The Labute approximate surface area is 158 Å². The van der Waals surface area contributed by atoms with Gasteiger partial charge in [0.05, 0.1) is 6.61 Å². The lowest BCUT2D eigenvalue weighted by Crippen LogP contribution is -2.26. The molecule has 0 unspecified atom stereocenters. The van der Waals surface area contributed by atoms with Gasteiger partial charge in [-0.2, -0.15) is 0 Å². The number of hydrogen-bond donors (Lipinski definition) is 0. The number of halogens is 4. The van der Waals surface area contributed by atoms with Gasteiger partial charge in [0.2, 0.25) is 0 Å². The maximum Gasteiger partial charge on any atom is 0.365 e. The number of hydrogen-bond acceptors (Lipinski definition) is 2. The fourth-order valence-electron chi connectivity index (χ4n) is 1.80. The molecule has 0 aromatic carbocycles. The molecular formula is C15H26BrCl3O2Si. The van der Waals surface area contributed by atoms with Crippen molar-refractivity contribution in [3.63, 3.8) is 0 Å². The zero-order chi connectivity index (χ0) is 17.1. The van der Waals surface area contributed by atoms with Crippen LogP contribution in [0.4, 0.5) is 0 Å². The van der Waals surface area contributed by atoms with E-state index < -0.39 is 10.3 Å². The lowest BCUT2D eigenvalue weighted by Gasteiger charge is -2.14. The van der Waals surface area contributed by atoms with Crippen LogP contribution < -0.4 is 0 Å². The van der Waals surface area contributed by atoms with Crippen LogP contribution in [-0.2, 0) is 9.53 Å². The fourth-order valence-corrected chi connectivity index (χ4v) is 3.15. The van der Waals surface area contributed by atoms with Crippen LogP contribution in [-0.4, -0.2) is 22.9 Å². The molecular weight excluding hydrogens is 427 g/mol. The Morgan fingerprint density at radius 1 is 1.05 bits per heavy atom. The lowest BCUT2D eigenvalue weighted by molar-refractivity contribution is -0.145. The second kappa shape index (κ2) is 12.2. The molecule has 0 fully saturated rings. The average Bonchev–Trinajstić information content (AvgIpc) is 2.37. The number of allylic oxidation sites excluding steroid dienone is 1. The third kappa shape index (κ3) is 15.7. The van der Waals surface area contributed by atoms with E-state index in [0.29, 0.717) is 6.61 Å². The fraction of sp³-hybridized carbons (Fsp3) is 0.800. The molecule has 0 saturated carbocycles. The summed E-state index contributed by atoms with van der Waals surface area (Å²) in [7, 11) is 0. The third-order valence-corrected chi connectivity index (χ3v) is 5.11. The predicted octanol–water partition coefficient (Wildman–Crippen LogP) is 6.57. The van der Waals surface area contributed by atoms with Gasteiger partial charge >= 0.3 is 12.0 Å². The second-order valence-electron chi connectivity index (χ2n) is 5.82. The van der Waals surface area contributed by atoms with Crippen LogP contribution in [0.2, 0.25) is 0 Å². The summed E-state index contributed by atoms with van der Waals surface area (Å²) in [6.07, 6.45) is 11.0. The van der Waals surface area contributed by atoms with Gasteiger partial charge in [-0.05, 0) is 33.1 Å². The van der Waals surface area contributed by atoms with Crippen LogP contribution in [0.25, 0.3) is 0 Å². The van der Waals surface area contributed by atoms with Crippen LogP contribution in [0, 0.1) is 0 Å². The highest BCUT2D eigenvalue weighted by Gasteiger charge is 2.24. The Balaban J connectivity index is 3.31. The molecule has 0 saturated heterocycles. The van der Waals surface area contributed by atoms with E-state index in [2.05, 4.69) is 15.9 Å². The number of esters is 1. The lowest BCUT2D eigenvalue weighted by atomic mass is 10.1. The molecule has 0 aliphatic rings. The van der Waals surface area contributed by atoms with E-state index in [0.717, 1.165) is 25.7 Å². The highest BCUT2D eigenvalue weighted by atomic mass is 79.9. The van der Waals surface area contributed by atoms with E-state index in [4.69, 9.17) is 38.0 Å². The van der Waals surface area contributed by atoms with E-state index in [1.807, 2.05) is 6.08 Å². The van der Waals surface area contributed by atoms with E-state index in [-0.39, 0.29) is 5.97 Å². The van der Waals surface area contributed by atoms with Crippen molar-refractivity contribution in [3.8, 4) is 0 Å². The van der Waals surface area contributed by atoms with Crippen molar-refractivity contribution in [2.75, 3.05) is 6.61 Å². The zero-order valence-corrected chi connectivity index (χ0v) is 18.2. The Kier molecular flexibility index (Phi) is 12.6. The minimum absolute atomic E-state index is 0.196. The summed E-state index contributed by atoms with van der Waals surface area (Å²) >= 11 is 20.5. The average molecular weight is 453 g/mol. The van der Waals surface area contributed by atoms with Crippen molar-refractivity contribution in [1.29, 1.82) is 0 Å². The summed E-state index contributed by atoms with van der Waals surface area (Å²) < 4.78 is 4.60. The first-order valence-electron chi connectivity index (χ1n) is 7.73. The number of rotatable bonds is 12. The van der Waals surface area contributed by atoms with Crippen molar-refractivity contribution in [2.24, 2.45) is 0 Å². The van der Waals surface area contributed by atoms with Crippen LogP contribution in [0.15, 0.2) is 11.8 Å². The zero-order valence-electron chi connectivity index (χ0n) is 13.3. The SMILES string of the molecule is CC(C)(Br)C(=O)OCCCCCCCCCC=C[Si](Cl)(Cl)Cl. The Morgan fingerprint density at radius 3 is 2.05 bits per heavy atom. The second-order valence-corrected chi connectivity index (χ2v) is 16.3. The molecule has 0 aliphatic carbocycles. The van der Waals surface area contributed by atoms with Crippen molar-refractivity contribution in [1.82, 2.24) is 0 Å². The molecule has 0 atom stereocenters. The van der Waals surface area contributed by atoms with Crippen molar-refractivity contribution >= 4 is 61.1 Å². The number of carbonyl (C=O) groups is 1. The van der Waals surface area contributed by atoms with Gasteiger partial charge in [0.25, 0.3) is 0 Å². The summed E-state index contributed by atoms with van der Waals surface area (Å²) in [5, 5.41) is 0. The smallest absolute Gasteiger partial charge is 0.365 e. The van der Waals surface area contributed by atoms with Crippen molar-refractivity contribution in [3.05, 3.63) is 11.8 Å². The van der Waals surface area contributed by atoms with Crippen LogP contribution in [0.5, 0.6) is 0 Å².